The van der Waals surface area contributed by atoms with Crippen LogP contribution in [0.5, 0.6) is 0 Å². The van der Waals surface area contributed by atoms with Gasteiger partial charge in [-0.05, 0) is 45.4 Å². The van der Waals surface area contributed by atoms with E-state index in [1.807, 2.05) is 53.1 Å². The molecule has 1 unspecified atom stereocenters. The van der Waals surface area contributed by atoms with Gasteiger partial charge in [0.25, 0.3) is 0 Å². The van der Waals surface area contributed by atoms with Gasteiger partial charge in [0.05, 0.1) is 24.8 Å². The molecule has 0 saturated heterocycles. The lowest BCUT2D eigenvalue weighted by Crippen LogP contribution is -2.39. The van der Waals surface area contributed by atoms with E-state index >= 15 is 0 Å². The van der Waals surface area contributed by atoms with Crippen molar-refractivity contribution in [2.45, 2.75) is 45.9 Å². The molecule has 1 amide bonds. The zero-order valence-electron chi connectivity index (χ0n) is 14.9. The molecule has 0 saturated carbocycles. The molecule has 0 spiro atoms. The van der Waals surface area contributed by atoms with Gasteiger partial charge in [0.1, 0.15) is 5.60 Å². The van der Waals surface area contributed by atoms with Gasteiger partial charge in [0.2, 0.25) is 0 Å². The van der Waals surface area contributed by atoms with Gasteiger partial charge in [0.15, 0.2) is 0 Å². The molecule has 24 heavy (non-hydrogen) atoms. The lowest BCUT2D eigenvalue weighted by molar-refractivity contribution is 0.0442. The predicted molar refractivity (Wildman–Crippen MR) is 93.6 cm³/mol. The summed E-state index contributed by atoms with van der Waals surface area (Å²) >= 11 is 0. The van der Waals surface area contributed by atoms with Crippen molar-refractivity contribution < 1.29 is 14.3 Å². The smallest absolute Gasteiger partial charge is 0.407 e. The van der Waals surface area contributed by atoms with Crippen molar-refractivity contribution >= 4 is 22.7 Å². The van der Waals surface area contributed by atoms with Crippen LogP contribution in [0.15, 0.2) is 18.3 Å². The second-order valence-electron chi connectivity index (χ2n) is 6.98. The minimum Gasteiger partial charge on any atom is -0.444 e. The fraction of sp³-hybridized carbons (Fsp3) is 0.529. The first kappa shape index (κ1) is 18.1. The molecule has 1 atom stereocenters. The van der Waals surface area contributed by atoms with Crippen LogP contribution >= 0.6 is 0 Å². The summed E-state index contributed by atoms with van der Waals surface area (Å²) < 4.78 is 12.6. The van der Waals surface area contributed by atoms with Crippen LogP contribution < -0.4 is 11.1 Å². The van der Waals surface area contributed by atoms with Crippen LogP contribution in [-0.4, -0.2) is 34.1 Å². The van der Waals surface area contributed by atoms with Gasteiger partial charge < -0.3 is 20.5 Å². The molecular weight excluding hydrogens is 308 g/mol. The summed E-state index contributed by atoms with van der Waals surface area (Å²) in [5.41, 5.74) is 8.00. The van der Waals surface area contributed by atoms with Crippen molar-refractivity contribution in [2.75, 3.05) is 12.3 Å². The third-order valence-electron chi connectivity index (χ3n) is 3.23. The third-order valence-corrected chi connectivity index (χ3v) is 3.23. The lowest BCUT2D eigenvalue weighted by Gasteiger charge is -2.22. The highest BCUT2D eigenvalue weighted by Gasteiger charge is 2.17. The molecule has 0 fully saturated rings. The number of benzene rings is 1. The van der Waals surface area contributed by atoms with E-state index < -0.39 is 11.7 Å². The number of carbonyl (C=O) groups is 1. The number of nitrogens with one attached hydrogen (secondary N) is 1. The first-order chi connectivity index (χ1) is 11.1. The molecule has 1 aromatic carbocycles. The minimum atomic E-state index is -0.514. The van der Waals surface area contributed by atoms with Crippen molar-refractivity contribution in [1.82, 2.24) is 15.1 Å². The summed E-state index contributed by atoms with van der Waals surface area (Å²) in [5.74, 6) is 0. The third kappa shape index (κ3) is 5.13. The summed E-state index contributed by atoms with van der Waals surface area (Å²) in [5, 5.41) is 8.03. The Bertz CT molecular complexity index is 718. The van der Waals surface area contributed by atoms with E-state index in [2.05, 4.69) is 10.4 Å². The van der Waals surface area contributed by atoms with E-state index in [0.29, 0.717) is 18.9 Å². The van der Waals surface area contributed by atoms with Crippen LogP contribution in [0.1, 0.15) is 33.3 Å². The molecule has 2 aromatic rings. The standard InChI is InChI=1S/C17H26N4O3/c1-11(19-16(22)24-17(2,3)4)9-23-10-12-6-14(18)13-8-21(5)20-15(13)7-12/h6-8,11H,9-10,18H2,1-5H3,(H,19,22). The second kappa shape index (κ2) is 7.09. The Hall–Kier alpha value is -2.28. The fourth-order valence-corrected chi connectivity index (χ4v) is 2.32. The SMILES string of the molecule is CC(COCc1cc(N)c2cn(C)nc2c1)NC(=O)OC(C)(C)C. The number of alkyl carbamates (subject to hydrolysis) is 1. The molecule has 3 N–H and O–H groups in total. The zero-order chi connectivity index (χ0) is 17.9. The van der Waals surface area contributed by atoms with Crippen LogP contribution in [0, 0.1) is 0 Å². The Labute approximate surface area is 142 Å². The lowest BCUT2D eigenvalue weighted by atomic mass is 10.1. The molecule has 0 aliphatic carbocycles. The maximum atomic E-state index is 11.7. The topological polar surface area (TPSA) is 91.4 Å². The predicted octanol–water partition coefficient (Wildman–Crippen LogP) is 2.59. The number of hydrogen-bond donors (Lipinski definition) is 2. The van der Waals surface area contributed by atoms with Crippen molar-refractivity contribution in [3.05, 3.63) is 23.9 Å². The number of rotatable bonds is 5. The largest absolute Gasteiger partial charge is 0.444 e. The normalized spacial score (nSPS) is 13.0. The first-order valence-electron chi connectivity index (χ1n) is 7.93. The Balaban J connectivity index is 1.84. The van der Waals surface area contributed by atoms with Gasteiger partial charge >= 0.3 is 6.09 Å². The molecular formula is C17H26N4O3. The van der Waals surface area contributed by atoms with E-state index in [0.717, 1.165) is 16.5 Å². The van der Waals surface area contributed by atoms with Gasteiger partial charge in [-0.25, -0.2) is 4.79 Å². The highest BCUT2D eigenvalue weighted by atomic mass is 16.6. The molecule has 0 aliphatic heterocycles. The van der Waals surface area contributed by atoms with Crippen LogP contribution in [0.3, 0.4) is 0 Å². The number of hydrogen-bond acceptors (Lipinski definition) is 5. The molecule has 7 nitrogen and oxygen atoms in total. The molecule has 132 valence electrons. The maximum Gasteiger partial charge on any atom is 0.407 e. The van der Waals surface area contributed by atoms with Gasteiger partial charge in [0, 0.05) is 24.3 Å². The number of ether oxygens (including phenoxy) is 2. The number of amides is 1. The molecule has 0 aliphatic rings. The van der Waals surface area contributed by atoms with Crippen LogP contribution in [0.4, 0.5) is 10.5 Å². The van der Waals surface area contributed by atoms with Gasteiger partial charge in [-0.1, -0.05) is 0 Å². The molecule has 0 radical (unpaired) electrons. The number of nitrogens with zero attached hydrogens (tertiary/aromatic N) is 2. The van der Waals surface area contributed by atoms with Crippen LogP contribution in [0.25, 0.3) is 10.9 Å². The zero-order valence-corrected chi connectivity index (χ0v) is 14.9. The van der Waals surface area contributed by atoms with Crippen LogP contribution in [0.2, 0.25) is 0 Å². The number of anilines is 1. The molecule has 1 heterocycles. The van der Waals surface area contributed by atoms with Gasteiger partial charge in [-0.3, -0.25) is 4.68 Å². The number of aryl methyl sites for hydroxylation is 1. The van der Waals surface area contributed by atoms with Crippen molar-refractivity contribution in [2.24, 2.45) is 7.05 Å². The second-order valence-corrected chi connectivity index (χ2v) is 6.98. The van der Waals surface area contributed by atoms with Crippen molar-refractivity contribution in [3.8, 4) is 0 Å². The van der Waals surface area contributed by atoms with Gasteiger partial charge in [-0.2, -0.15) is 5.10 Å². The summed E-state index contributed by atoms with van der Waals surface area (Å²) in [4.78, 5) is 11.7. The number of fused-ring (bicyclic) bond motifs is 1. The number of nitrogen functional groups attached to an aromatic ring is 1. The van der Waals surface area contributed by atoms with Crippen molar-refractivity contribution in [3.63, 3.8) is 0 Å². The van der Waals surface area contributed by atoms with Gasteiger partial charge in [-0.15, -0.1) is 0 Å². The molecule has 0 bridgehead atoms. The first-order valence-corrected chi connectivity index (χ1v) is 7.93. The molecule has 7 heteroatoms. The highest BCUT2D eigenvalue weighted by molar-refractivity contribution is 5.90. The average Bonchev–Trinajstić information content (AvgIpc) is 2.77. The fourth-order valence-electron chi connectivity index (χ4n) is 2.32. The monoisotopic (exact) mass is 334 g/mol. The molecule has 1 aromatic heterocycles. The van der Waals surface area contributed by atoms with E-state index in [9.17, 15) is 4.79 Å². The van der Waals surface area contributed by atoms with Crippen molar-refractivity contribution in [1.29, 1.82) is 0 Å². The Kier molecular flexibility index (Phi) is 5.33. The average molecular weight is 334 g/mol. The summed E-state index contributed by atoms with van der Waals surface area (Å²) in [7, 11) is 1.86. The minimum absolute atomic E-state index is 0.157. The summed E-state index contributed by atoms with van der Waals surface area (Å²) in [6, 6.07) is 3.68. The van der Waals surface area contributed by atoms with E-state index in [1.54, 1.807) is 4.68 Å². The van der Waals surface area contributed by atoms with Crippen LogP contribution in [-0.2, 0) is 23.1 Å². The Morgan fingerprint density at radius 3 is 2.79 bits per heavy atom. The molecule has 2 rings (SSSR count). The van der Waals surface area contributed by atoms with E-state index in [1.165, 1.54) is 0 Å². The summed E-state index contributed by atoms with van der Waals surface area (Å²) in [6.45, 7) is 8.11. The maximum absolute atomic E-state index is 11.7. The quantitative estimate of drug-likeness (QED) is 0.820. The highest BCUT2D eigenvalue weighted by Crippen LogP contribution is 2.22. The number of carbonyl (C=O) groups excluding carboxylic acids is 1. The van der Waals surface area contributed by atoms with E-state index in [-0.39, 0.29) is 6.04 Å². The Morgan fingerprint density at radius 2 is 2.12 bits per heavy atom. The summed E-state index contributed by atoms with van der Waals surface area (Å²) in [6.07, 6.45) is 1.44. The number of aromatic nitrogens is 2. The Morgan fingerprint density at radius 1 is 1.42 bits per heavy atom. The number of nitrogens with two attached hydrogens (primary N) is 1. The van der Waals surface area contributed by atoms with E-state index in [4.69, 9.17) is 15.2 Å².